The summed E-state index contributed by atoms with van der Waals surface area (Å²) in [4.78, 5) is 0. The van der Waals surface area contributed by atoms with Crippen molar-refractivity contribution in [3.63, 3.8) is 0 Å². The molecule has 0 saturated carbocycles. The molecular weight excluding hydrogens is 360 g/mol. The van der Waals surface area contributed by atoms with E-state index in [1.54, 1.807) is 0 Å². The molecule has 0 aliphatic rings. The summed E-state index contributed by atoms with van der Waals surface area (Å²) >= 11 is 3.03. The number of hydrogen-bond donors (Lipinski definition) is 1. The SMILES string of the molecule is Cl.N[C@H](CC(F)F)c1cc(Br)ccc1OC(F)(F)F. The topological polar surface area (TPSA) is 35.2 Å². The molecule has 0 aromatic heterocycles. The molecule has 0 aliphatic heterocycles. The Morgan fingerprint density at radius 2 is 1.84 bits per heavy atom. The second-order valence-corrected chi connectivity index (χ2v) is 4.38. The third-order valence-electron chi connectivity index (χ3n) is 2.03. The van der Waals surface area contributed by atoms with Crippen LogP contribution in [0.25, 0.3) is 0 Å². The Morgan fingerprint density at radius 3 is 2.32 bits per heavy atom. The van der Waals surface area contributed by atoms with Crippen molar-refractivity contribution >= 4 is 28.3 Å². The normalized spacial score (nSPS) is 13.1. The highest BCUT2D eigenvalue weighted by Crippen LogP contribution is 2.33. The monoisotopic (exact) mass is 369 g/mol. The lowest BCUT2D eigenvalue weighted by Crippen LogP contribution is -2.21. The van der Waals surface area contributed by atoms with E-state index in [4.69, 9.17) is 5.73 Å². The highest BCUT2D eigenvalue weighted by molar-refractivity contribution is 9.10. The zero-order valence-electron chi connectivity index (χ0n) is 9.26. The molecule has 1 atom stereocenters. The van der Waals surface area contributed by atoms with Gasteiger partial charge >= 0.3 is 6.36 Å². The maximum atomic E-state index is 12.2. The molecule has 1 rings (SSSR count). The molecule has 19 heavy (non-hydrogen) atoms. The van der Waals surface area contributed by atoms with Gasteiger partial charge < -0.3 is 10.5 Å². The van der Waals surface area contributed by atoms with E-state index in [1.807, 2.05) is 0 Å². The molecule has 0 amide bonds. The molecule has 0 saturated heterocycles. The minimum Gasteiger partial charge on any atom is -0.405 e. The van der Waals surface area contributed by atoms with Crippen molar-refractivity contribution in [2.24, 2.45) is 5.73 Å². The fourth-order valence-corrected chi connectivity index (χ4v) is 1.72. The lowest BCUT2D eigenvalue weighted by Gasteiger charge is -2.18. The Morgan fingerprint density at radius 1 is 1.26 bits per heavy atom. The van der Waals surface area contributed by atoms with Crippen LogP contribution in [0.15, 0.2) is 22.7 Å². The van der Waals surface area contributed by atoms with Crippen molar-refractivity contribution in [1.82, 2.24) is 0 Å². The van der Waals surface area contributed by atoms with Gasteiger partial charge in [0.05, 0.1) is 0 Å². The van der Waals surface area contributed by atoms with E-state index >= 15 is 0 Å². The maximum Gasteiger partial charge on any atom is 0.573 e. The molecule has 0 bridgehead atoms. The summed E-state index contributed by atoms with van der Waals surface area (Å²) in [5.74, 6) is -0.571. The summed E-state index contributed by atoms with van der Waals surface area (Å²) in [6.07, 6.45) is -8.35. The van der Waals surface area contributed by atoms with Crippen LogP contribution in [0.3, 0.4) is 0 Å². The van der Waals surface area contributed by atoms with Crippen molar-refractivity contribution in [1.29, 1.82) is 0 Å². The van der Waals surface area contributed by atoms with Crippen LogP contribution < -0.4 is 10.5 Å². The Labute approximate surface area is 120 Å². The highest BCUT2D eigenvalue weighted by atomic mass is 79.9. The summed E-state index contributed by atoms with van der Waals surface area (Å²) in [5.41, 5.74) is 5.31. The molecule has 1 aromatic rings. The molecular formula is C10H10BrClF5NO. The van der Waals surface area contributed by atoms with E-state index in [-0.39, 0.29) is 18.0 Å². The summed E-state index contributed by atoms with van der Waals surface area (Å²) in [5, 5.41) is 0. The van der Waals surface area contributed by atoms with Gasteiger partial charge in [-0.25, -0.2) is 8.78 Å². The Hall–Kier alpha value is -0.600. The van der Waals surface area contributed by atoms with E-state index < -0.39 is 31.0 Å². The molecule has 2 nitrogen and oxygen atoms in total. The van der Waals surface area contributed by atoms with Crippen LogP contribution >= 0.6 is 28.3 Å². The highest BCUT2D eigenvalue weighted by Gasteiger charge is 2.33. The smallest absolute Gasteiger partial charge is 0.405 e. The lowest BCUT2D eigenvalue weighted by molar-refractivity contribution is -0.275. The van der Waals surface area contributed by atoms with Gasteiger partial charge in [0.2, 0.25) is 6.43 Å². The number of alkyl halides is 5. The number of benzene rings is 1. The molecule has 2 N–H and O–H groups in total. The molecule has 0 heterocycles. The number of halogens is 7. The van der Waals surface area contributed by atoms with Crippen molar-refractivity contribution in [2.75, 3.05) is 0 Å². The van der Waals surface area contributed by atoms with Gasteiger partial charge in [0.15, 0.2) is 0 Å². The first kappa shape index (κ1) is 18.4. The first-order valence-electron chi connectivity index (χ1n) is 4.78. The summed E-state index contributed by atoms with van der Waals surface area (Å²) in [7, 11) is 0. The minimum absolute atomic E-state index is 0. The zero-order valence-corrected chi connectivity index (χ0v) is 11.7. The van der Waals surface area contributed by atoms with Gasteiger partial charge in [0, 0.05) is 22.5 Å². The van der Waals surface area contributed by atoms with Gasteiger partial charge in [-0.05, 0) is 18.2 Å². The van der Waals surface area contributed by atoms with E-state index in [1.165, 1.54) is 12.1 Å². The van der Waals surface area contributed by atoms with Gasteiger partial charge in [-0.3, -0.25) is 0 Å². The van der Waals surface area contributed by atoms with Crippen molar-refractivity contribution in [2.45, 2.75) is 25.3 Å². The second-order valence-electron chi connectivity index (χ2n) is 3.46. The van der Waals surface area contributed by atoms with Crippen LogP contribution in [0.2, 0.25) is 0 Å². The number of nitrogens with two attached hydrogens (primary N) is 1. The van der Waals surface area contributed by atoms with E-state index in [2.05, 4.69) is 20.7 Å². The first-order chi connectivity index (χ1) is 8.19. The quantitative estimate of drug-likeness (QED) is 0.796. The molecule has 1 aromatic carbocycles. The second kappa shape index (κ2) is 7.25. The van der Waals surface area contributed by atoms with Gasteiger partial charge in [-0.2, -0.15) is 0 Å². The van der Waals surface area contributed by atoms with Crippen LogP contribution in [-0.2, 0) is 0 Å². The zero-order chi connectivity index (χ0) is 13.9. The van der Waals surface area contributed by atoms with E-state index in [9.17, 15) is 22.0 Å². The Kier molecular flexibility index (Phi) is 7.02. The van der Waals surface area contributed by atoms with Gasteiger partial charge in [0.1, 0.15) is 5.75 Å². The molecule has 0 unspecified atom stereocenters. The molecule has 9 heteroatoms. The number of ether oxygens (including phenoxy) is 1. The third-order valence-corrected chi connectivity index (χ3v) is 2.52. The summed E-state index contributed by atoms with van der Waals surface area (Å²) in [6.45, 7) is 0. The predicted molar refractivity (Wildman–Crippen MR) is 65.6 cm³/mol. The Bertz CT molecular complexity index is 415. The van der Waals surface area contributed by atoms with Crippen LogP contribution in [0.5, 0.6) is 5.75 Å². The van der Waals surface area contributed by atoms with Crippen molar-refractivity contribution < 1.29 is 26.7 Å². The third kappa shape index (κ3) is 6.40. The molecule has 0 spiro atoms. The number of hydrogen-bond acceptors (Lipinski definition) is 2. The number of rotatable bonds is 4. The van der Waals surface area contributed by atoms with Crippen molar-refractivity contribution in [3.05, 3.63) is 28.2 Å². The predicted octanol–water partition coefficient (Wildman–Crippen LogP) is 4.42. The van der Waals surface area contributed by atoms with Crippen LogP contribution in [0.4, 0.5) is 22.0 Å². The van der Waals surface area contributed by atoms with E-state index in [0.29, 0.717) is 4.47 Å². The minimum atomic E-state index is -4.90. The Balaban J connectivity index is 0.00000324. The van der Waals surface area contributed by atoms with Crippen LogP contribution in [0, 0.1) is 0 Å². The average molecular weight is 371 g/mol. The van der Waals surface area contributed by atoms with E-state index in [0.717, 1.165) is 6.07 Å². The van der Waals surface area contributed by atoms with Gasteiger partial charge in [-0.1, -0.05) is 15.9 Å². The molecule has 0 fully saturated rings. The summed E-state index contributed by atoms with van der Waals surface area (Å²) < 4.78 is 64.9. The fourth-order valence-electron chi connectivity index (χ4n) is 1.35. The summed E-state index contributed by atoms with van der Waals surface area (Å²) in [6, 6.07) is 2.33. The van der Waals surface area contributed by atoms with Gasteiger partial charge in [-0.15, -0.1) is 25.6 Å². The average Bonchev–Trinajstić information content (AvgIpc) is 2.17. The lowest BCUT2D eigenvalue weighted by atomic mass is 10.0. The molecule has 0 aliphatic carbocycles. The largest absolute Gasteiger partial charge is 0.573 e. The van der Waals surface area contributed by atoms with Crippen LogP contribution in [-0.4, -0.2) is 12.8 Å². The first-order valence-corrected chi connectivity index (χ1v) is 5.57. The standard InChI is InChI=1S/C10H9BrF5NO.ClH/c11-5-1-2-8(18-10(14,15)16)6(3-5)7(17)4-9(12)13;/h1-3,7,9H,4,17H2;1H/t7-;/m1./s1. The van der Waals surface area contributed by atoms with Crippen molar-refractivity contribution in [3.8, 4) is 5.75 Å². The van der Waals surface area contributed by atoms with Gasteiger partial charge in [0.25, 0.3) is 0 Å². The van der Waals surface area contributed by atoms with Crippen LogP contribution in [0.1, 0.15) is 18.0 Å². The molecule has 110 valence electrons. The maximum absolute atomic E-state index is 12.2. The fraction of sp³-hybridized carbons (Fsp3) is 0.400. The molecule has 0 radical (unpaired) electrons.